The average molecular weight is 1210 g/mol. The second-order valence-electron chi connectivity index (χ2n) is 25.3. The van der Waals surface area contributed by atoms with E-state index >= 15 is 0 Å². The molecule has 1 saturated carbocycles. The lowest BCUT2D eigenvalue weighted by Gasteiger charge is -2.43. The lowest BCUT2D eigenvalue weighted by molar-refractivity contribution is -0.265. The monoisotopic (exact) mass is 1210 g/mol. The van der Waals surface area contributed by atoms with Gasteiger partial charge in [0.05, 0.1) is 50.8 Å². The number of carbonyl (C=O) groups is 6. The molecule has 0 spiro atoms. The minimum absolute atomic E-state index is 0.0227. The number of piperidine rings is 2. The van der Waals surface area contributed by atoms with Gasteiger partial charge in [0.15, 0.2) is 5.78 Å². The number of cyclic esters (lactones) is 1. The third kappa shape index (κ3) is 21.5. The number of aliphatic hydroxyl groups is 2. The summed E-state index contributed by atoms with van der Waals surface area (Å²) in [5.41, 5.74) is 1.40. The number of allylic oxidation sites excluding steroid dienone is 5. The van der Waals surface area contributed by atoms with E-state index in [1.807, 2.05) is 71.1 Å². The van der Waals surface area contributed by atoms with Crippen LogP contribution < -0.4 is 5.32 Å². The number of aliphatic hydroxyl groups excluding tert-OH is 1. The molecule has 0 unspecified atom stereocenters. The molecule has 2 bridgehead atoms. The molecule has 5 rings (SSSR count). The maximum atomic E-state index is 14.9. The highest BCUT2D eigenvalue weighted by atomic mass is 16.6. The molecule has 16 atom stereocenters. The molecular formula is C66H107N3O17. The Morgan fingerprint density at radius 1 is 0.767 bits per heavy atom. The van der Waals surface area contributed by atoms with Gasteiger partial charge in [0.25, 0.3) is 11.7 Å². The van der Waals surface area contributed by atoms with Crippen LogP contribution in [0.2, 0.25) is 0 Å². The van der Waals surface area contributed by atoms with Crippen molar-refractivity contribution in [3.63, 3.8) is 0 Å². The summed E-state index contributed by atoms with van der Waals surface area (Å²) in [6, 6.07) is -1.12. The van der Waals surface area contributed by atoms with Crippen molar-refractivity contribution in [2.45, 2.75) is 205 Å². The Balaban J connectivity index is 1.34. The molecule has 4 aliphatic heterocycles. The van der Waals surface area contributed by atoms with E-state index < -0.39 is 84.1 Å². The molecule has 3 N–H and O–H groups in total. The number of hydrogen-bond donors (Lipinski definition) is 3. The van der Waals surface area contributed by atoms with E-state index in [0.29, 0.717) is 109 Å². The van der Waals surface area contributed by atoms with Gasteiger partial charge < -0.3 is 63.1 Å². The molecule has 1 aliphatic carbocycles. The maximum absolute atomic E-state index is 14.9. The summed E-state index contributed by atoms with van der Waals surface area (Å²) in [5.74, 6) is -7.31. The number of Topliss-reactive ketones (excluding diaryl/α,β-unsaturated/α-hetero) is 2. The van der Waals surface area contributed by atoms with Gasteiger partial charge in [0.1, 0.15) is 30.5 Å². The molecule has 20 heteroatoms. The van der Waals surface area contributed by atoms with Crippen LogP contribution in [-0.2, 0) is 71.4 Å². The van der Waals surface area contributed by atoms with Crippen molar-refractivity contribution >= 4 is 35.3 Å². The minimum Gasteiger partial charge on any atom is -0.460 e. The zero-order valence-electron chi connectivity index (χ0n) is 53.9. The summed E-state index contributed by atoms with van der Waals surface area (Å²) >= 11 is 0. The number of likely N-dealkylation sites (tertiary alicyclic amines) is 1. The molecule has 0 aromatic heterocycles. The lowest BCUT2D eigenvalue weighted by atomic mass is 9.78. The van der Waals surface area contributed by atoms with Crippen molar-refractivity contribution in [2.24, 2.45) is 41.4 Å². The quantitative estimate of drug-likeness (QED) is 0.0538. The number of ketones is 2. The summed E-state index contributed by atoms with van der Waals surface area (Å²) in [4.78, 5) is 87.2. The predicted octanol–water partition coefficient (Wildman–Crippen LogP) is 7.06. The van der Waals surface area contributed by atoms with Crippen molar-refractivity contribution in [1.29, 1.82) is 0 Å². The molecule has 86 heavy (non-hydrogen) atoms. The Hall–Kier alpha value is -4.22. The number of nitrogens with zero attached hydrogens (tertiary/aromatic N) is 2. The molecule has 4 heterocycles. The van der Waals surface area contributed by atoms with Gasteiger partial charge in [-0.3, -0.25) is 28.9 Å². The standard InChI is InChI=1S/C66H107N3O17/c1-42-18-14-13-15-19-43(2)54(79-9)39-51-23-21-48(7)66(77,86-51)63(74)64(75)69-28-17-16-20-52(69)65(76)85-56(40-55(80-10)44(3)35-47(6)61(73)62(82-12)60(72)46(5)34-42)45(4)36-50-22-24-53(57(37-50)81-11)84-59(71)38-49-25-29-68(30-26-49)41-58(70)67-27-31-83-33-32-78-8/h13-15,18-19,35,42,44-46,48-57,61-62,73,77H,16-17,20-34,36-41H2,1-12H3,(H,67,70)/b15-13+,18-14+,43-19+,47-35+/t42-,44-,45-,46-,48-,50+,51+,52+,53-,54+,55-,56+,57-,61-,62+,66-/m1/s1. The fourth-order valence-electron chi connectivity index (χ4n) is 13.2. The first-order chi connectivity index (χ1) is 41.1. The van der Waals surface area contributed by atoms with Gasteiger partial charge in [0, 0.05) is 85.7 Å². The molecule has 5 aliphatic rings. The van der Waals surface area contributed by atoms with Crippen LogP contribution in [0, 0.1) is 41.4 Å². The fraction of sp³-hybridized carbons (Fsp3) is 0.788. The summed E-state index contributed by atoms with van der Waals surface area (Å²) in [6.07, 6.45) is 13.6. The summed E-state index contributed by atoms with van der Waals surface area (Å²) in [7, 11) is 7.82. The van der Waals surface area contributed by atoms with Crippen LogP contribution in [-0.4, -0.2) is 204 Å². The number of methoxy groups -OCH3 is 5. The van der Waals surface area contributed by atoms with Gasteiger partial charge >= 0.3 is 11.9 Å². The van der Waals surface area contributed by atoms with E-state index in [9.17, 15) is 39.0 Å². The molecule has 3 saturated heterocycles. The third-order valence-corrected chi connectivity index (χ3v) is 18.7. The molecule has 2 amide bonds. The average Bonchev–Trinajstić information content (AvgIpc) is 0.928. The highest BCUT2D eigenvalue weighted by Crippen LogP contribution is 2.39. The fourth-order valence-corrected chi connectivity index (χ4v) is 13.2. The smallest absolute Gasteiger partial charge is 0.329 e. The van der Waals surface area contributed by atoms with Crippen molar-refractivity contribution in [2.75, 3.05) is 88.1 Å². The first kappa shape index (κ1) is 72.5. The number of amides is 2. The molecule has 4 fully saturated rings. The van der Waals surface area contributed by atoms with Crippen molar-refractivity contribution < 1.29 is 81.6 Å². The topological polar surface area (TPSA) is 244 Å². The van der Waals surface area contributed by atoms with Crippen molar-refractivity contribution in [1.82, 2.24) is 15.1 Å². The van der Waals surface area contributed by atoms with Gasteiger partial charge in [-0.25, -0.2) is 4.79 Å². The molecule has 488 valence electrons. The van der Waals surface area contributed by atoms with E-state index in [1.165, 1.54) is 12.0 Å². The SMILES string of the molecule is COCCOCCNC(=O)CN1CCC(CC(=O)O[C@@H]2CC[C@@H](C[C@@H](C)[C@@H]3C[C@@H](OC)[C@H](C)/C=C(\C)[C@@H](O)[C@@H](OC)C(=O)[C@H](C)C[C@H](C)/C=C/C=C/C=C(\C)[C@@H](OC)C[C@@H]4CC[C@@H](C)[C@@](O)(O4)C(=O)C(=O)N4CCCC[C@H]4C(=O)O3)C[C@H]2OC)CC1. The Bertz CT molecular complexity index is 2280. The number of hydrogen-bond acceptors (Lipinski definition) is 18. The third-order valence-electron chi connectivity index (χ3n) is 18.7. The number of carbonyl (C=O) groups excluding carboxylic acids is 6. The number of ether oxygens (including phenoxy) is 9. The second kappa shape index (κ2) is 36.4. The zero-order chi connectivity index (χ0) is 63.1. The van der Waals surface area contributed by atoms with Gasteiger partial charge in [-0.2, -0.15) is 0 Å². The van der Waals surface area contributed by atoms with Crippen LogP contribution in [0.5, 0.6) is 0 Å². The summed E-state index contributed by atoms with van der Waals surface area (Å²) < 4.78 is 53.2. The van der Waals surface area contributed by atoms with Crippen LogP contribution in [0.25, 0.3) is 0 Å². The van der Waals surface area contributed by atoms with E-state index in [1.54, 1.807) is 42.3 Å². The minimum atomic E-state index is -2.44. The van der Waals surface area contributed by atoms with Gasteiger partial charge in [0.2, 0.25) is 11.7 Å². The summed E-state index contributed by atoms with van der Waals surface area (Å²) in [5, 5.41) is 26.8. The van der Waals surface area contributed by atoms with E-state index in [2.05, 4.69) is 10.2 Å². The second-order valence-corrected chi connectivity index (χ2v) is 25.3. The number of fused-ring (bicyclic) bond motifs is 3. The molecule has 0 aromatic rings. The van der Waals surface area contributed by atoms with E-state index in [4.69, 9.17) is 42.6 Å². The molecule has 0 radical (unpaired) electrons. The van der Waals surface area contributed by atoms with Crippen LogP contribution in [0.4, 0.5) is 0 Å². The summed E-state index contributed by atoms with van der Waals surface area (Å²) in [6.45, 7) is 16.8. The lowest BCUT2D eigenvalue weighted by Crippen LogP contribution is -2.61. The molecule has 0 aromatic carbocycles. The van der Waals surface area contributed by atoms with Crippen molar-refractivity contribution in [3.05, 3.63) is 47.6 Å². The largest absolute Gasteiger partial charge is 0.460 e. The van der Waals surface area contributed by atoms with Crippen LogP contribution in [0.3, 0.4) is 0 Å². The highest BCUT2D eigenvalue weighted by molar-refractivity contribution is 6.39. The van der Waals surface area contributed by atoms with Crippen LogP contribution >= 0.6 is 0 Å². The Morgan fingerprint density at radius 2 is 1.50 bits per heavy atom. The Kier molecular flexibility index (Phi) is 30.7. The van der Waals surface area contributed by atoms with Gasteiger partial charge in [-0.05, 0) is 139 Å². The normalized spacial score (nSPS) is 35.7. The highest BCUT2D eigenvalue weighted by Gasteiger charge is 2.53. The number of nitrogens with one attached hydrogen (secondary N) is 1. The van der Waals surface area contributed by atoms with Gasteiger partial charge in [-0.15, -0.1) is 0 Å². The van der Waals surface area contributed by atoms with Crippen LogP contribution in [0.15, 0.2) is 47.6 Å². The number of rotatable bonds is 18. The van der Waals surface area contributed by atoms with E-state index in [-0.39, 0.29) is 79.2 Å². The Labute approximate surface area is 512 Å². The predicted molar refractivity (Wildman–Crippen MR) is 324 cm³/mol. The zero-order valence-corrected chi connectivity index (χ0v) is 53.9. The maximum Gasteiger partial charge on any atom is 0.329 e. The van der Waals surface area contributed by atoms with Crippen molar-refractivity contribution in [3.8, 4) is 0 Å². The molecule has 20 nitrogen and oxygen atoms in total. The van der Waals surface area contributed by atoms with Crippen LogP contribution in [0.1, 0.15) is 145 Å². The van der Waals surface area contributed by atoms with E-state index in [0.717, 1.165) is 24.8 Å². The number of esters is 2. The molecular weight excluding hydrogens is 1110 g/mol. The Morgan fingerprint density at radius 3 is 2.19 bits per heavy atom. The first-order valence-corrected chi connectivity index (χ1v) is 31.8. The van der Waals surface area contributed by atoms with Gasteiger partial charge in [-0.1, -0.05) is 71.1 Å². The first-order valence-electron chi connectivity index (χ1n) is 31.8.